The second-order valence-corrected chi connectivity index (χ2v) is 8.55. The maximum absolute atomic E-state index is 13.5. The van der Waals surface area contributed by atoms with Crippen molar-refractivity contribution in [3.05, 3.63) is 89.5 Å². The molecule has 0 saturated carbocycles. The van der Waals surface area contributed by atoms with Gasteiger partial charge in [0, 0.05) is 11.3 Å². The molecule has 0 fully saturated rings. The first-order valence-electron chi connectivity index (χ1n) is 11.4. The maximum atomic E-state index is 13.5. The minimum absolute atomic E-state index is 0.239. The van der Waals surface area contributed by atoms with Gasteiger partial charge < -0.3 is 26.8 Å². The number of aliphatic hydroxyl groups excluding tert-OH is 1. The number of rotatable bonds is 7. The molecule has 1 aliphatic heterocycles. The van der Waals surface area contributed by atoms with Crippen LogP contribution in [-0.2, 0) is 22.6 Å². The molecule has 0 aliphatic carbocycles. The Hall–Kier alpha value is -4.01. The van der Waals surface area contributed by atoms with Crippen molar-refractivity contribution in [2.75, 3.05) is 11.5 Å². The molecule has 1 aliphatic rings. The zero-order valence-corrected chi connectivity index (χ0v) is 19.2. The Morgan fingerprint density at radius 3 is 2.43 bits per heavy atom. The number of fused-ring (bicyclic) bond motifs is 1. The number of anilines is 1. The van der Waals surface area contributed by atoms with E-state index < -0.39 is 30.5 Å². The molecule has 3 amide bonds. The highest BCUT2D eigenvalue weighted by Gasteiger charge is 2.32. The fraction of sp³-hybridized carbons (Fsp3) is 0.222. The van der Waals surface area contributed by atoms with Gasteiger partial charge in [-0.25, -0.2) is 0 Å². The van der Waals surface area contributed by atoms with E-state index in [1.807, 2.05) is 60.7 Å². The van der Waals surface area contributed by atoms with Gasteiger partial charge in [-0.05, 0) is 47.2 Å². The van der Waals surface area contributed by atoms with E-state index in [1.54, 1.807) is 17.0 Å². The summed E-state index contributed by atoms with van der Waals surface area (Å²) in [6, 6.07) is 20.6. The molecule has 0 spiro atoms. The van der Waals surface area contributed by atoms with Gasteiger partial charge in [0.2, 0.25) is 17.7 Å². The predicted octanol–water partition coefficient (Wildman–Crippen LogP) is 1.74. The number of hydrogen-bond acceptors (Lipinski definition) is 5. The van der Waals surface area contributed by atoms with Crippen LogP contribution in [0.15, 0.2) is 72.8 Å². The number of carbonyl (C=O) groups is 3. The van der Waals surface area contributed by atoms with Gasteiger partial charge in [0.25, 0.3) is 0 Å². The molecule has 8 nitrogen and oxygen atoms in total. The molecule has 8 heteroatoms. The van der Waals surface area contributed by atoms with E-state index in [1.165, 1.54) is 0 Å². The number of nitrogens with two attached hydrogens (primary N) is 2. The molecule has 0 bridgehead atoms. The molecule has 0 saturated heterocycles. The number of para-hydroxylation sites is 1. The highest BCUT2D eigenvalue weighted by molar-refractivity contribution is 6.01. The smallest absolute Gasteiger partial charge is 0.249 e. The minimum Gasteiger partial charge on any atom is -0.394 e. The van der Waals surface area contributed by atoms with Gasteiger partial charge in [-0.2, -0.15) is 0 Å². The summed E-state index contributed by atoms with van der Waals surface area (Å²) in [5, 5.41) is 11.9. The number of primary amides is 1. The van der Waals surface area contributed by atoms with E-state index in [0.29, 0.717) is 24.9 Å². The molecule has 35 heavy (non-hydrogen) atoms. The summed E-state index contributed by atoms with van der Waals surface area (Å²) in [5.74, 6) is -1.30. The van der Waals surface area contributed by atoms with Crippen LogP contribution in [0.5, 0.6) is 0 Å². The monoisotopic (exact) mass is 472 g/mol. The van der Waals surface area contributed by atoms with Crippen molar-refractivity contribution in [1.82, 2.24) is 5.32 Å². The number of hydrogen-bond donors (Lipinski definition) is 4. The van der Waals surface area contributed by atoms with Gasteiger partial charge in [0.05, 0.1) is 13.2 Å². The Bertz CT molecular complexity index is 1240. The number of aliphatic hydroxyl groups is 1. The van der Waals surface area contributed by atoms with Crippen LogP contribution in [0.4, 0.5) is 5.69 Å². The van der Waals surface area contributed by atoms with Crippen LogP contribution >= 0.6 is 0 Å². The molecule has 2 atom stereocenters. The molecule has 180 valence electrons. The minimum atomic E-state index is -1.09. The van der Waals surface area contributed by atoms with Crippen molar-refractivity contribution in [3.8, 4) is 11.1 Å². The number of aryl methyl sites for hydroxylation is 1. The summed E-state index contributed by atoms with van der Waals surface area (Å²) in [5.41, 5.74) is 15.9. The zero-order chi connectivity index (χ0) is 24.9. The molecule has 4 rings (SSSR count). The molecule has 3 aromatic rings. The molecular weight excluding hydrogens is 444 g/mol. The number of amides is 3. The Kier molecular flexibility index (Phi) is 7.24. The summed E-state index contributed by atoms with van der Waals surface area (Å²) in [7, 11) is 0. The molecular formula is C27H28N4O4. The largest absolute Gasteiger partial charge is 0.394 e. The molecule has 0 aromatic heterocycles. The lowest BCUT2D eigenvalue weighted by Crippen LogP contribution is -2.53. The van der Waals surface area contributed by atoms with E-state index in [9.17, 15) is 19.5 Å². The topological polar surface area (TPSA) is 139 Å². The fourth-order valence-corrected chi connectivity index (χ4v) is 4.30. The van der Waals surface area contributed by atoms with Gasteiger partial charge in [-0.15, -0.1) is 0 Å². The molecule has 0 radical (unpaired) electrons. The van der Waals surface area contributed by atoms with Gasteiger partial charge in [0.1, 0.15) is 12.1 Å². The Morgan fingerprint density at radius 1 is 1.03 bits per heavy atom. The van der Waals surface area contributed by atoms with Crippen molar-refractivity contribution in [1.29, 1.82) is 0 Å². The first-order chi connectivity index (χ1) is 16.9. The van der Waals surface area contributed by atoms with Crippen LogP contribution in [0, 0.1) is 0 Å². The third-order valence-electron chi connectivity index (χ3n) is 6.20. The Labute approximate surface area is 203 Å². The van der Waals surface area contributed by atoms with Crippen molar-refractivity contribution in [2.24, 2.45) is 11.5 Å². The van der Waals surface area contributed by atoms with E-state index >= 15 is 0 Å². The van der Waals surface area contributed by atoms with Crippen LogP contribution in [0.25, 0.3) is 11.1 Å². The van der Waals surface area contributed by atoms with Crippen LogP contribution in [0.3, 0.4) is 0 Å². The summed E-state index contributed by atoms with van der Waals surface area (Å²) >= 11 is 0. The Morgan fingerprint density at radius 2 is 1.71 bits per heavy atom. The second kappa shape index (κ2) is 10.5. The fourth-order valence-electron chi connectivity index (χ4n) is 4.30. The van der Waals surface area contributed by atoms with Crippen molar-refractivity contribution >= 4 is 23.4 Å². The highest BCUT2D eigenvalue weighted by atomic mass is 16.3. The van der Waals surface area contributed by atoms with Crippen molar-refractivity contribution in [2.45, 2.75) is 31.5 Å². The lowest BCUT2D eigenvalue weighted by molar-refractivity contribution is -0.129. The number of nitrogens with one attached hydrogen (secondary N) is 1. The summed E-state index contributed by atoms with van der Waals surface area (Å²) < 4.78 is 0. The molecule has 1 unspecified atom stereocenters. The van der Waals surface area contributed by atoms with Crippen LogP contribution in [0.1, 0.15) is 27.9 Å². The zero-order valence-electron chi connectivity index (χ0n) is 19.2. The van der Waals surface area contributed by atoms with Crippen LogP contribution < -0.4 is 21.7 Å². The average molecular weight is 473 g/mol. The molecule has 1 heterocycles. The van der Waals surface area contributed by atoms with Gasteiger partial charge in [-0.3, -0.25) is 14.4 Å². The number of carbonyl (C=O) groups excluding carboxylic acids is 3. The first-order valence-corrected chi connectivity index (χ1v) is 11.4. The molecule has 6 N–H and O–H groups in total. The summed E-state index contributed by atoms with van der Waals surface area (Å²) in [6.07, 6.45) is 1.04. The average Bonchev–Trinajstić information content (AvgIpc) is 3.01. The van der Waals surface area contributed by atoms with Crippen LogP contribution in [0.2, 0.25) is 0 Å². The standard InChI is InChI=1S/C27H28N4O4/c28-22(16-32)26(34)30-23-14-13-19-5-1-4-8-24(19)31(27(23)35)15-17-9-11-18(12-10-17)20-6-2-3-7-21(20)25(29)33/h1-12,22-23,32H,13-16,28H2,(H2,29,33)(H,30,34)/t22-,23?/m1/s1. The predicted molar refractivity (Wildman–Crippen MR) is 133 cm³/mol. The summed E-state index contributed by atoms with van der Waals surface area (Å²) in [6.45, 7) is -0.200. The van der Waals surface area contributed by atoms with Gasteiger partial charge in [-0.1, -0.05) is 60.7 Å². The second-order valence-electron chi connectivity index (χ2n) is 8.55. The number of nitrogens with zero attached hydrogens (tertiary/aromatic N) is 1. The SMILES string of the molecule is NC(=O)c1ccccc1-c1ccc(CN2C(=O)C(NC(=O)[C@H](N)CO)CCc3ccccc32)cc1. The lowest BCUT2D eigenvalue weighted by atomic mass is 9.98. The summed E-state index contributed by atoms with van der Waals surface area (Å²) in [4.78, 5) is 39.3. The lowest BCUT2D eigenvalue weighted by Gasteiger charge is -2.27. The van der Waals surface area contributed by atoms with Crippen LogP contribution in [-0.4, -0.2) is 41.5 Å². The number of benzene rings is 3. The third kappa shape index (κ3) is 5.24. The third-order valence-corrected chi connectivity index (χ3v) is 6.20. The van der Waals surface area contributed by atoms with E-state index in [4.69, 9.17) is 11.5 Å². The van der Waals surface area contributed by atoms with E-state index in [-0.39, 0.29) is 5.91 Å². The van der Waals surface area contributed by atoms with E-state index in [0.717, 1.165) is 27.9 Å². The van der Waals surface area contributed by atoms with Gasteiger partial charge in [0.15, 0.2) is 0 Å². The highest BCUT2D eigenvalue weighted by Crippen LogP contribution is 2.30. The Balaban J connectivity index is 1.61. The molecule has 3 aromatic carbocycles. The van der Waals surface area contributed by atoms with Crippen molar-refractivity contribution < 1.29 is 19.5 Å². The van der Waals surface area contributed by atoms with Gasteiger partial charge >= 0.3 is 0 Å². The quantitative estimate of drug-likeness (QED) is 0.415. The normalized spacial score (nSPS) is 16.2. The first kappa shape index (κ1) is 24.1. The van der Waals surface area contributed by atoms with E-state index in [2.05, 4.69) is 5.32 Å². The maximum Gasteiger partial charge on any atom is 0.249 e. The van der Waals surface area contributed by atoms with Crippen molar-refractivity contribution in [3.63, 3.8) is 0 Å².